The number of furan rings is 1. The van der Waals surface area contributed by atoms with E-state index in [-0.39, 0.29) is 23.0 Å². The van der Waals surface area contributed by atoms with E-state index in [0.29, 0.717) is 36.3 Å². The summed E-state index contributed by atoms with van der Waals surface area (Å²) in [6, 6.07) is 19.2. The van der Waals surface area contributed by atoms with Crippen molar-refractivity contribution in [2.75, 3.05) is 24.5 Å². The number of para-hydroxylation sites is 1. The third kappa shape index (κ3) is 3.42. The van der Waals surface area contributed by atoms with Gasteiger partial charge >= 0.3 is 0 Å². The first kappa shape index (κ1) is 22.2. The highest BCUT2D eigenvalue weighted by Gasteiger charge is 2.36. The van der Waals surface area contributed by atoms with Crippen molar-refractivity contribution in [1.29, 1.82) is 5.26 Å². The lowest BCUT2D eigenvalue weighted by atomic mass is 10.2. The Kier molecular flexibility index (Phi) is 5.21. The van der Waals surface area contributed by atoms with E-state index in [1.165, 1.54) is 16.4 Å². The second-order valence-corrected chi connectivity index (χ2v) is 10.5. The smallest absolute Gasteiger partial charge is 0.244 e. The number of fused-ring (bicyclic) bond motifs is 3. The van der Waals surface area contributed by atoms with Gasteiger partial charge in [-0.1, -0.05) is 24.3 Å². The van der Waals surface area contributed by atoms with Crippen LogP contribution < -0.4 is 4.90 Å². The molecular formula is C25H21N7O3S. The number of aromatic nitrogens is 4. The van der Waals surface area contributed by atoms with Gasteiger partial charge in [0.2, 0.25) is 21.8 Å². The van der Waals surface area contributed by atoms with Crippen LogP contribution in [-0.2, 0) is 10.0 Å². The fourth-order valence-corrected chi connectivity index (χ4v) is 6.49. The molecule has 1 fully saturated rings. The summed E-state index contributed by atoms with van der Waals surface area (Å²) in [5.41, 5.74) is 1.55. The quantitative estimate of drug-likeness (QED) is 0.369. The van der Waals surface area contributed by atoms with Crippen LogP contribution >= 0.6 is 0 Å². The number of piperazine rings is 1. The molecule has 0 spiro atoms. The molecule has 6 rings (SSSR count). The lowest BCUT2D eigenvalue weighted by molar-refractivity contribution is 0.304. The van der Waals surface area contributed by atoms with Gasteiger partial charge in [-0.05, 0) is 43.3 Å². The Morgan fingerprint density at radius 1 is 1.03 bits per heavy atom. The molecular weight excluding hydrogens is 478 g/mol. The molecule has 0 saturated carbocycles. The molecule has 36 heavy (non-hydrogen) atoms. The van der Waals surface area contributed by atoms with E-state index in [4.69, 9.17) is 9.40 Å². The molecule has 1 aliphatic heterocycles. The summed E-state index contributed by atoms with van der Waals surface area (Å²) < 4.78 is 35.9. The van der Waals surface area contributed by atoms with Crippen molar-refractivity contribution in [3.05, 3.63) is 72.5 Å². The van der Waals surface area contributed by atoms with Crippen LogP contribution in [0.4, 0.5) is 5.95 Å². The van der Waals surface area contributed by atoms with Crippen LogP contribution in [0.3, 0.4) is 0 Å². The molecule has 4 heterocycles. The fraction of sp³-hybridized carbons (Fsp3) is 0.200. The fourth-order valence-electron chi connectivity index (χ4n) is 4.73. The molecule has 3 aromatic heterocycles. The molecule has 1 aliphatic rings. The second-order valence-electron chi connectivity index (χ2n) is 8.61. The molecule has 2 aromatic carbocycles. The lowest BCUT2D eigenvalue weighted by Crippen LogP contribution is -2.54. The minimum absolute atomic E-state index is 0.0259. The highest BCUT2D eigenvalue weighted by Crippen LogP contribution is 2.31. The normalized spacial score (nSPS) is 17.0. The van der Waals surface area contributed by atoms with Gasteiger partial charge in [0, 0.05) is 31.1 Å². The van der Waals surface area contributed by atoms with E-state index in [1.807, 2.05) is 52.6 Å². The van der Waals surface area contributed by atoms with E-state index in [2.05, 4.69) is 10.2 Å². The van der Waals surface area contributed by atoms with E-state index in [9.17, 15) is 13.7 Å². The number of nitriles is 1. The van der Waals surface area contributed by atoms with Crippen molar-refractivity contribution >= 4 is 32.5 Å². The summed E-state index contributed by atoms with van der Waals surface area (Å²) in [4.78, 5) is 7.00. The van der Waals surface area contributed by atoms with Crippen LogP contribution in [0.1, 0.15) is 12.5 Å². The van der Waals surface area contributed by atoms with Gasteiger partial charge in [-0.15, -0.1) is 10.2 Å². The van der Waals surface area contributed by atoms with Gasteiger partial charge in [0.05, 0.1) is 22.2 Å². The number of hydrogen-bond donors (Lipinski definition) is 0. The first-order chi connectivity index (χ1) is 17.5. The zero-order valence-corrected chi connectivity index (χ0v) is 20.1. The maximum absolute atomic E-state index is 13.5. The molecule has 5 aromatic rings. The predicted octanol–water partition coefficient (Wildman–Crippen LogP) is 3.31. The minimum Gasteiger partial charge on any atom is -0.461 e. The summed E-state index contributed by atoms with van der Waals surface area (Å²) in [7, 11) is -3.85. The average Bonchev–Trinajstić information content (AvgIpc) is 3.58. The molecule has 0 amide bonds. The van der Waals surface area contributed by atoms with E-state index < -0.39 is 10.0 Å². The SMILES string of the molecule is CC1CN(c2nc3ccccc3c3nnc(-c4ccco4)n23)CCN1S(=O)(=O)c1ccccc1C#N. The van der Waals surface area contributed by atoms with E-state index in [1.54, 1.807) is 24.5 Å². The van der Waals surface area contributed by atoms with Gasteiger partial charge in [0.25, 0.3) is 0 Å². The number of rotatable bonds is 4. The highest BCUT2D eigenvalue weighted by molar-refractivity contribution is 7.89. The third-order valence-electron chi connectivity index (χ3n) is 6.41. The van der Waals surface area contributed by atoms with E-state index in [0.717, 1.165) is 10.9 Å². The van der Waals surface area contributed by atoms with Crippen LogP contribution in [-0.4, -0.2) is 58.0 Å². The summed E-state index contributed by atoms with van der Waals surface area (Å²) in [5, 5.41) is 19.1. The summed E-state index contributed by atoms with van der Waals surface area (Å²) in [6.07, 6.45) is 1.58. The molecule has 180 valence electrons. The van der Waals surface area contributed by atoms with Crippen molar-refractivity contribution in [3.63, 3.8) is 0 Å². The van der Waals surface area contributed by atoms with Crippen molar-refractivity contribution < 1.29 is 12.8 Å². The van der Waals surface area contributed by atoms with E-state index >= 15 is 0 Å². The van der Waals surface area contributed by atoms with Crippen LogP contribution in [0.5, 0.6) is 0 Å². The third-order valence-corrected chi connectivity index (χ3v) is 8.49. The summed E-state index contributed by atoms with van der Waals surface area (Å²) >= 11 is 0. The largest absolute Gasteiger partial charge is 0.461 e. The standard InChI is InChI=1S/C25H21N7O3S/c1-17-16-30(12-13-31(17)36(33,34)22-11-5-2-7-18(22)15-26)25-27-20-9-4-3-8-19(20)23-28-29-24(32(23)25)21-10-6-14-35-21/h2-11,14,17H,12-13,16H2,1H3. The lowest BCUT2D eigenvalue weighted by Gasteiger charge is -2.39. The number of anilines is 1. The number of benzene rings is 2. The Bertz CT molecular complexity index is 1740. The summed E-state index contributed by atoms with van der Waals surface area (Å²) in [6.45, 7) is 2.88. The van der Waals surface area contributed by atoms with Gasteiger partial charge in [0.1, 0.15) is 6.07 Å². The molecule has 1 saturated heterocycles. The van der Waals surface area contributed by atoms with Crippen LogP contribution in [0.15, 0.2) is 76.2 Å². The molecule has 1 unspecified atom stereocenters. The maximum Gasteiger partial charge on any atom is 0.244 e. The van der Waals surface area contributed by atoms with Crippen molar-refractivity contribution in [3.8, 4) is 17.7 Å². The molecule has 10 nitrogen and oxygen atoms in total. The Labute approximate surface area is 207 Å². The second kappa shape index (κ2) is 8.44. The Hall–Kier alpha value is -4.27. The maximum atomic E-state index is 13.5. The number of hydrogen-bond acceptors (Lipinski definition) is 8. The first-order valence-electron chi connectivity index (χ1n) is 11.4. The first-order valence-corrected chi connectivity index (χ1v) is 12.9. The van der Waals surface area contributed by atoms with Gasteiger partial charge in [-0.25, -0.2) is 17.8 Å². The Balaban J connectivity index is 1.42. The molecule has 0 bridgehead atoms. The van der Waals surface area contributed by atoms with Crippen molar-refractivity contribution in [2.24, 2.45) is 0 Å². The molecule has 11 heteroatoms. The van der Waals surface area contributed by atoms with Crippen LogP contribution in [0.25, 0.3) is 28.1 Å². The monoisotopic (exact) mass is 499 g/mol. The molecule has 0 radical (unpaired) electrons. The zero-order chi connectivity index (χ0) is 24.9. The highest BCUT2D eigenvalue weighted by atomic mass is 32.2. The topological polar surface area (TPSA) is 121 Å². The summed E-state index contributed by atoms with van der Waals surface area (Å²) in [5.74, 6) is 1.69. The molecule has 0 N–H and O–H groups in total. The van der Waals surface area contributed by atoms with Crippen molar-refractivity contribution in [2.45, 2.75) is 17.9 Å². The van der Waals surface area contributed by atoms with Gasteiger partial charge in [0.15, 0.2) is 11.4 Å². The van der Waals surface area contributed by atoms with Crippen molar-refractivity contribution in [1.82, 2.24) is 23.9 Å². The minimum atomic E-state index is -3.85. The Morgan fingerprint density at radius 3 is 2.61 bits per heavy atom. The number of sulfonamides is 1. The Morgan fingerprint density at radius 2 is 1.83 bits per heavy atom. The van der Waals surface area contributed by atoms with Crippen LogP contribution in [0, 0.1) is 11.3 Å². The molecule has 0 aliphatic carbocycles. The average molecular weight is 500 g/mol. The van der Waals surface area contributed by atoms with Gasteiger partial charge in [-0.3, -0.25) is 0 Å². The molecule has 1 atom stereocenters. The predicted molar refractivity (Wildman–Crippen MR) is 133 cm³/mol. The van der Waals surface area contributed by atoms with Gasteiger partial charge < -0.3 is 9.32 Å². The number of nitrogens with zero attached hydrogens (tertiary/aromatic N) is 7. The van der Waals surface area contributed by atoms with Crippen LogP contribution in [0.2, 0.25) is 0 Å². The van der Waals surface area contributed by atoms with Gasteiger partial charge in [-0.2, -0.15) is 9.57 Å². The zero-order valence-electron chi connectivity index (χ0n) is 19.3.